The van der Waals surface area contributed by atoms with Gasteiger partial charge in [-0.1, -0.05) is 28.5 Å². The van der Waals surface area contributed by atoms with Crippen molar-refractivity contribution in [3.8, 4) is 0 Å². The molecule has 0 aliphatic carbocycles. The summed E-state index contributed by atoms with van der Waals surface area (Å²) in [6, 6.07) is 0. The Hall–Kier alpha value is -1.05. The third-order valence-electron chi connectivity index (χ3n) is 2.65. The highest BCUT2D eigenvalue weighted by molar-refractivity contribution is 5.81. The van der Waals surface area contributed by atoms with Crippen molar-refractivity contribution in [2.75, 3.05) is 7.11 Å². The van der Waals surface area contributed by atoms with Gasteiger partial charge in [-0.05, 0) is 53.4 Å². The maximum atomic E-state index is 4.72. The normalized spacial score (nSPS) is 14.2. The second-order valence-electron chi connectivity index (χ2n) is 4.23. The highest BCUT2D eigenvalue weighted by Crippen LogP contribution is 2.10. The summed E-state index contributed by atoms with van der Waals surface area (Å²) in [6.45, 7) is 8.46. The standard InChI is InChI=1S/C14H25NO/c1-6-12(2)8-7-9-13(3)10-11-14(4)15-16-5/h6,9H,7-8,10-11H2,1-5H3/b12-6+,13-9+,15-14+. The molecule has 0 saturated carbocycles. The van der Waals surface area contributed by atoms with E-state index in [4.69, 9.17) is 4.84 Å². The number of hydrogen-bond donors (Lipinski definition) is 0. The lowest BCUT2D eigenvalue weighted by Gasteiger charge is -2.02. The molecule has 0 heterocycles. The Morgan fingerprint density at radius 1 is 1.06 bits per heavy atom. The minimum atomic E-state index is 0.985. The second-order valence-corrected chi connectivity index (χ2v) is 4.23. The molecule has 16 heavy (non-hydrogen) atoms. The highest BCUT2D eigenvalue weighted by atomic mass is 16.6. The van der Waals surface area contributed by atoms with Crippen LogP contribution in [0.2, 0.25) is 0 Å². The molecule has 0 bridgehead atoms. The van der Waals surface area contributed by atoms with E-state index < -0.39 is 0 Å². The van der Waals surface area contributed by atoms with Crippen molar-refractivity contribution < 1.29 is 4.84 Å². The zero-order chi connectivity index (χ0) is 12.4. The van der Waals surface area contributed by atoms with Gasteiger partial charge in [-0.2, -0.15) is 0 Å². The predicted molar refractivity (Wildman–Crippen MR) is 71.8 cm³/mol. The van der Waals surface area contributed by atoms with Crippen molar-refractivity contribution in [1.82, 2.24) is 0 Å². The van der Waals surface area contributed by atoms with E-state index in [-0.39, 0.29) is 0 Å². The zero-order valence-corrected chi connectivity index (χ0v) is 11.3. The number of nitrogens with zero attached hydrogens (tertiary/aromatic N) is 1. The molecule has 92 valence electrons. The molecule has 0 atom stereocenters. The summed E-state index contributed by atoms with van der Waals surface area (Å²) in [4.78, 5) is 4.72. The molecule has 2 nitrogen and oxygen atoms in total. The van der Waals surface area contributed by atoms with Crippen molar-refractivity contribution >= 4 is 5.71 Å². The average Bonchev–Trinajstić information content (AvgIpc) is 2.26. The maximum Gasteiger partial charge on any atom is 0.106 e. The number of hydrogen-bond acceptors (Lipinski definition) is 2. The van der Waals surface area contributed by atoms with E-state index in [1.807, 2.05) is 6.92 Å². The molecule has 0 aromatic rings. The lowest BCUT2D eigenvalue weighted by molar-refractivity contribution is 0.212. The Morgan fingerprint density at radius 3 is 2.31 bits per heavy atom. The van der Waals surface area contributed by atoms with E-state index in [0.29, 0.717) is 0 Å². The van der Waals surface area contributed by atoms with Crippen LogP contribution in [0.25, 0.3) is 0 Å². The van der Waals surface area contributed by atoms with Gasteiger partial charge in [-0.25, -0.2) is 0 Å². The third kappa shape index (κ3) is 8.27. The predicted octanol–water partition coefficient (Wildman–Crippen LogP) is 4.48. The van der Waals surface area contributed by atoms with Crippen LogP contribution < -0.4 is 0 Å². The van der Waals surface area contributed by atoms with E-state index in [1.54, 1.807) is 7.11 Å². The molecule has 0 aromatic heterocycles. The number of allylic oxidation sites excluding steroid dienone is 4. The Bertz CT molecular complexity index is 274. The average molecular weight is 223 g/mol. The third-order valence-corrected chi connectivity index (χ3v) is 2.65. The molecule has 0 radical (unpaired) electrons. The number of rotatable bonds is 7. The summed E-state index contributed by atoms with van der Waals surface area (Å²) >= 11 is 0. The van der Waals surface area contributed by atoms with Crippen LogP contribution in [0.3, 0.4) is 0 Å². The van der Waals surface area contributed by atoms with Gasteiger partial charge in [0.15, 0.2) is 0 Å². The van der Waals surface area contributed by atoms with E-state index >= 15 is 0 Å². The van der Waals surface area contributed by atoms with Crippen LogP contribution in [0.5, 0.6) is 0 Å². The van der Waals surface area contributed by atoms with E-state index in [2.05, 4.69) is 38.1 Å². The summed E-state index contributed by atoms with van der Waals surface area (Å²) in [5, 5.41) is 3.90. The molecule has 0 saturated heterocycles. The summed E-state index contributed by atoms with van der Waals surface area (Å²) in [5.74, 6) is 0. The smallest absolute Gasteiger partial charge is 0.106 e. The Kier molecular flexibility index (Phi) is 8.59. The van der Waals surface area contributed by atoms with Gasteiger partial charge in [0, 0.05) is 0 Å². The lowest BCUT2D eigenvalue weighted by Crippen LogP contribution is -1.93. The molecule has 0 rings (SSSR count). The molecule has 0 N–H and O–H groups in total. The van der Waals surface area contributed by atoms with Gasteiger partial charge in [0.1, 0.15) is 7.11 Å². The number of oxime groups is 1. The first-order chi connectivity index (χ1) is 7.60. The fraction of sp³-hybridized carbons (Fsp3) is 0.643. The molecule has 0 unspecified atom stereocenters. The van der Waals surface area contributed by atoms with Crippen LogP contribution in [0.1, 0.15) is 53.4 Å². The quantitative estimate of drug-likeness (QED) is 0.354. The molecule has 2 heteroatoms. The van der Waals surface area contributed by atoms with E-state index in [0.717, 1.165) is 25.0 Å². The minimum absolute atomic E-state index is 0.985. The minimum Gasteiger partial charge on any atom is -0.399 e. The SMILES string of the molecule is C/C=C(\C)CC/C=C(\C)CC/C(C)=N/OC. The molecule has 0 aliphatic heterocycles. The first-order valence-electron chi connectivity index (χ1n) is 5.94. The molecular formula is C14H25NO. The fourth-order valence-corrected chi connectivity index (χ4v) is 1.37. The first-order valence-corrected chi connectivity index (χ1v) is 5.94. The van der Waals surface area contributed by atoms with Crippen LogP contribution in [-0.4, -0.2) is 12.8 Å². The molecule has 0 spiro atoms. The molecule has 0 fully saturated rings. The lowest BCUT2D eigenvalue weighted by atomic mass is 10.1. The van der Waals surface area contributed by atoms with Gasteiger partial charge >= 0.3 is 0 Å². The van der Waals surface area contributed by atoms with Crippen molar-refractivity contribution in [2.45, 2.75) is 53.4 Å². The van der Waals surface area contributed by atoms with Crippen molar-refractivity contribution in [3.63, 3.8) is 0 Å². The Balaban J connectivity index is 3.84. The molecular weight excluding hydrogens is 198 g/mol. The largest absolute Gasteiger partial charge is 0.399 e. The van der Waals surface area contributed by atoms with E-state index in [9.17, 15) is 0 Å². The Labute approximate surface area is 100 Å². The van der Waals surface area contributed by atoms with Crippen LogP contribution in [0.4, 0.5) is 0 Å². The summed E-state index contributed by atoms with van der Waals surface area (Å²) in [7, 11) is 1.59. The second kappa shape index (κ2) is 9.20. The van der Waals surface area contributed by atoms with Crippen molar-refractivity contribution in [2.24, 2.45) is 5.16 Å². The van der Waals surface area contributed by atoms with Crippen LogP contribution >= 0.6 is 0 Å². The van der Waals surface area contributed by atoms with Gasteiger partial charge in [-0.3, -0.25) is 0 Å². The maximum absolute atomic E-state index is 4.72. The van der Waals surface area contributed by atoms with Gasteiger partial charge in [-0.15, -0.1) is 0 Å². The summed E-state index contributed by atoms with van der Waals surface area (Å²) in [6.07, 6.45) is 8.87. The van der Waals surface area contributed by atoms with E-state index in [1.165, 1.54) is 17.6 Å². The molecule has 0 aliphatic rings. The first kappa shape index (κ1) is 14.9. The zero-order valence-electron chi connectivity index (χ0n) is 11.3. The van der Waals surface area contributed by atoms with Gasteiger partial charge < -0.3 is 4.84 Å². The van der Waals surface area contributed by atoms with Gasteiger partial charge in [0.25, 0.3) is 0 Å². The summed E-state index contributed by atoms with van der Waals surface area (Å²) < 4.78 is 0. The highest BCUT2D eigenvalue weighted by Gasteiger charge is 1.95. The molecule has 0 amide bonds. The molecule has 0 aromatic carbocycles. The van der Waals surface area contributed by atoms with Crippen molar-refractivity contribution in [1.29, 1.82) is 0 Å². The van der Waals surface area contributed by atoms with Gasteiger partial charge in [0.05, 0.1) is 5.71 Å². The fourth-order valence-electron chi connectivity index (χ4n) is 1.37. The summed E-state index contributed by atoms with van der Waals surface area (Å²) in [5.41, 5.74) is 3.95. The monoisotopic (exact) mass is 223 g/mol. The topological polar surface area (TPSA) is 21.6 Å². The van der Waals surface area contributed by atoms with Crippen LogP contribution in [-0.2, 0) is 4.84 Å². The Morgan fingerprint density at radius 2 is 1.75 bits per heavy atom. The van der Waals surface area contributed by atoms with Crippen molar-refractivity contribution in [3.05, 3.63) is 23.3 Å². The van der Waals surface area contributed by atoms with Gasteiger partial charge in [0.2, 0.25) is 0 Å². The van der Waals surface area contributed by atoms with Crippen LogP contribution in [0, 0.1) is 0 Å². The van der Waals surface area contributed by atoms with Crippen LogP contribution in [0.15, 0.2) is 28.5 Å².